The number of benzene rings is 3. The number of carbonyl (C=O) groups is 2. The smallest absolute Gasteiger partial charge is 0.343 e. The van der Waals surface area contributed by atoms with E-state index < -0.39 is 5.97 Å². The van der Waals surface area contributed by atoms with E-state index in [1.54, 1.807) is 66.7 Å². The van der Waals surface area contributed by atoms with E-state index in [4.69, 9.17) is 14.2 Å². The van der Waals surface area contributed by atoms with Crippen LogP contribution in [0.25, 0.3) is 0 Å². The Kier molecular flexibility index (Phi) is 5.97. The summed E-state index contributed by atoms with van der Waals surface area (Å²) in [5.41, 5.74) is 1.16. The lowest BCUT2D eigenvalue weighted by molar-refractivity contribution is 0.0508. The van der Waals surface area contributed by atoms with Crippen molar-refractivity contribution in [3.05, 3.63) is 95.6 Å². The number of rotatable bonds is 7. The second kappa shape index (κ2) is 8.78. The van der Waals surface area contributed by atoms with Crippen LogP contribution in [0.5, 0.6) is 11.5 Å². The standard InChI is InChI=1S/C22H18O5/c1-25-15-26-18-12-13-19(21(23)16-8-4-2-5-9-16)20(14-18)27-22(24)17-10-6-3-7-11-17/h2-14H,15H2,1H3. The van der Waals surface area contributed by atoms with Gasteiger partial charge in [-0.25, -0.2) is 4.79 Å². The molecule has 0 heterocycles. The van der Waals surface area contributed by atoms with Gasteiger partial charge >= 0.3 is 5.97 Å². The molecule has 0 amide bonds. The topological polar surface area (TPSA) is 61.8 Å². The van der Waals surface area contributed by atoms with E-state index in [1.807, 2.05) is 6.07 Å². The maximum Gasteiger partial charge on any atom is 0.343 e. The molecular formula is C22H18O5. The van der Waals surface area contributed by atoms with E-state index in [0.717, 1.165) is 0 Å². The van der Waals surface area contributed by atoms with Crippen LogP contribution in [0.3, 0.4) is 0 Å². The van der Waals surface area contributed by atoms with Crippen molar-refractivity contribution in [2.24, 2.45) is 0 Å². The predicted molar refractivity (Wildman–Crippen MR) is 100 cm³/mol. The Bertz CT molecular complexity index is 920. The molecule has 0 radical (unpaired) electrons. The van der Waals surface area contributed by atoms with Crippen LogP contribution in [0.4, 0.5) is 0 Å². The Hall–Kier alpha value is -3.44. The molecule has 3 aromatic carbocycles. The van der Waals surface area contributed by atoms with Crippen LogP contribution in [0.2, 0.25) is 0 Å². The molecule has 136 valence electrons. The highest BCUT2D eigenvalue weighted by atomic mass is 16.7. The fourth-order valence-electron chi connectivity index (χ4n) is 2.47. The number of esters is 1. The Morgan fingerprint density at radius 3 is 2.07 bits per heavy atom. The Morgan fingerprint density at radius 2 is 1.44 bits per heavy atom. The van der Waals surface area contributed by atoms with Gasteiger partial charge in [-0.2, -0.15) is 0 Å². The summed E-state index contributed by atoms with van der Waals surface area (Å²) in [6.07, 6.45) is 0. The van der Waals surface area contributed by atoms with Gasteiger partial charge in [-0.3, -0.25) is 4.79 Å². The molecule has 5 nitrogen and oxygen atoms in total. The van der Waals surface area contributed by atoms with Gasteiger partial charge in [0.25, 0.3) is 0 Å². The SMILES string of the molecule is COCOc1ccc(C(=O)c2ccccc2)c(OC(=O)c2ccccc2)c1. The van der Waals surface area contributed by atoms with Crippen LogP contribution in [-0.2, 0) is 4.74 Å². The lowest BCUT2D eigenvalue weighted by Gasteiger charge is -2.12. The first-order valence-electron chi connectivity index (χ1n) is 8.32. The van der Waals surface area contributed by atoms with E-state index in [-0.39, 0.29) is 23.9 Å². The van der Waals surface area contributed by atoms with E-state index in [2.05, 4.69) is 0 Å². The first kappa shape index (κ1) is 18.4. The summed E-state index contributed by atoms with van der Waals surface area (Å²) in [4.78, 5) is 25.3. The van der Waals surface area contributed by atoms with E-state index in [0.29, 0.717) is 16.9 Å². The van der Waals surface area contributed by atoms with Gasteiger partial charge in [-0.1, -0.05) is 48.5 Å². The van der Waals surface area contributed by atoms with Crippen molar-refractivity contribution in [3.8, 4) is 11.5 Å². The number of ketones is 1. The zero-order valence-electron chi connectivity index (χ0n) is 14.8. The van der Waals surface area contributed by atoms with Gasteiger partial charge in [-0.15, -0.1) is 0 Å². The summed E-state index contributed by atoms with van der Waals surface area (Å²) in [7, 11) is 1.50. The van der Waals surface area contributed by atoms with Crippen molar-refractivity contribution in [2.45, 2.75) is 0 Å². The molecule has 0 atom stereocenters. The minimum absolute atomic E-state index is 0.0397. The molecule has 0 bridgehead atoms. The zero-order valence-corrected chi connectivity index (χ0v) is 14.8. The second-order valence-electron chi connectivity index (χ2n) is 5.66. The molecule has 5 heteroatoms. The highest BCUT2D eigenvalue weighted by Crippen LogP contribution is 2.28. The van der Waals surface area contributed by atoms with Gasteiger partial charge in [0.05, 0.1) is 11.1 Å². The molecule has 27 heavy (non-hydrogen) atoms. The molecule has 0 aliphatic heterocycles. The van der Waals surface area contributed by atoms with Crippen molar-refractivity contribution in [1.82, 2.24) is 0 Å². The van der Waals surface area contributed by atoms with Crippen molar-refractivity contribution in [3.63, 3.8) is 0 Å². The van der Waals surface area contributed by atoms with Crippen LogP contribution in [0.15, 0.2) is 78.9 Å². The third-order valence-corrected chi connectivity index (χ3v) is 3.79. The largest absolute Gasteiger partial charge is 0.467 e. The van der Waals surface area contributed by atoms with Gasteiger partial charge in [0.2, 0.25) is 0 Å². The molecule has 0 aliphatic carbocycles. The number of carbonyl (C=O) groups excluding carboxylic acids is 2. The van der Waals surface area contributed by atoms with Crippen LogP contribution >= 0.6 is 0 Å². The average molecular weight is 362 g/mol. The Morgan fingerprint density at radius 1 is 0.815 bits per heavy atom. The molecule has 3 aromatic rings. The summed E-state index contributed by atoms with van der Waals surface area (Å²) >= 11 is 0. The molecule has 0 fully saturated rings. The molecule has 3 rings (SSSR count). The van der Waals surface area contributed by atoms with Crippen molar-refractivity contribution < 1.29 is 23.8 Å². The van der Waals surface area contributed by atoms with Crippen molar-refractivity contribution in [1.29, 1.82) is 0 Å². The Balaban J connectivity index is 1.94. The first-order chi connectivity index (χ1) is 13.2. The third-order valence-electron chi connectivity index (χ3n) is 3.79. The molecule has 0 aliphatic rings. The van der Waals surface area contributed by atoms with E-state index >= 15 is 0 Å². The summed E-state index contributed by atoms with van der Waals surface area (Å²) in [6, 6.07) is 22.1. The fourth-order valence-corrected chi connectivity index (χ4v) is 2.47. The molecule has 0 N–H and O–H groups in total. The number of hydrogen-bond acceptors (Lipinski definition) is 5. The molecule has 0 saturated carbocycles. The maximum absolute atomic E-state index is 12.9. The monoisotopic (exact) mass is 362 g/mol. The van der Waals surface area contributed by atoms with Crippen molar-refractivity contribution >= 4 is 11.8 Å². The lowest BCUT2D eigenvalue weighted by Crippen LogP contribution is -2.12. The van der Waals surface area contributed by atoms with Crippen LogP contribution in [0, 0.1) is 0 Å². The summed E-state index contributed by atoms with van der Waals surface area (Å²) in [5, 5.41) is 0. The van der Waals surface area contributed by atoms with Gasteiger partial charge in [-0.05, 0) is 24.3 Å². The van der Waals surface area contributed by atoms with Crippen molar-refractivity contribution in [2.75, 3.05) is 13.9 Å². The molecule has 0 spiro atoms. The van der Waals surface area contributed by atoms with Crippen LogP contribution in [-0.4, -0.2) is 25.7 Å². The maximum atomic E-state index is 12.9. The summed E-state index contributed by atoms with van der Waals surface area (Å²) < 4.78 is 15.8. The average Bonchev–Trinajstić information content (AvgIpc) is 2.73. The van der Waals surface area contributed by atoms with Gasteiger partial charge < -0.3 is 14.2 Å². The lowest BCUT2D eigenvalue weighted by atomic mass is 10.0. The summed E-state index contributed by atoms with van der Waals surface area (Å²) in [6.45, 7) is 0.0397. The van der Waals surface area contributed by atoms with Gasteiger partial charge in [0.1, 0.15) is 11.5 Å². The minimum Gasteiger partial charge on any atom is -0.467 e. The highest BCUT2D eigenvalue weighted by Gasteiger charge is 2.19. The molecule has 0 aromatic heterocycles. The van der Waals surface area contributed by atoms with Gasteiger partial charge in [0.15, 0.2) is 12.6 Å². The third kappa shape index (κ3) is 4.59. The molecule has 0 unspecified atom stereocenters. The fraction of sp³-hybridized carbons (Fsp3) is 0.0909. The van der Waals surface area contributed by atoms with E-state index in [1.165, 1.54) is 13.2 Å². The zero-order chi connectivity index (χ0) is 19.1. The normalized spacial score (nSPS) is 10.3. The quantitative estimate of drug-likeness (QED) is 0.274. The first-order valence-corrected chi connectivity index (χ1v) is 8.32. The Labute approximate surface area is 157 Å². The number of hydrogen-bond donors (Lipinski definition) is 0. The molecular weight excluding hydrogens is 344 g/mol. The predicted octanol–water partition coefficient (Wildman–Crippen LogP) is 4.12. The number of methoxy groups -OCH3 is 1. The number of ether oxygens (including phenoxy) is 3. The molecule has 0 saturated heterocycles. The van der Waals surface area contributed by atoms with Gasteiger partial charge in [0, 0.05) is 18.7 Å². The van der Waals surface area contributed by atoms with Crippen LogP contribution in [0.1, 0.15) is 26.3 Å². The second-order valence-corrected chi connectivity index (χ2v) is 5.66. The minimum atomic E-state index is -0.554. The van der Waals surface area contributed by atoms with E-state index in [9.17, 15) is 9.59 Å². The van der Waals surface area contributed by atoms with Crippen LogP contribution < -0.4 is 9.47 Å². The summed E-state index contributed by atoms with van der Waals surface area (Å²) in [5.74, 6) is -0.241. The highest BCUT2D eigenvalue weighted by molar-refractivity contribution is 6.11.